The van der Waals surface area contributed by atoms with Crippen molar-refractivity contribution >= 4 is 5.97 Å². The lowest BCUT2D eigenvalue weighted by atomic mass is 10.0. The van der Waals surface area contributed by atoms with Gasteiger partial charge in [-0.25, -0.2) is 4.79 Å². The number of benzene rings is 1. The first-order chi connectivity index (χ1) is 8.75. The molecule has 3 heteroatoms. The van der Waals surface area contributed by atoms with Gasteiger partial charge in [0.2, 0.25) is 0 Å². The maximum atomic E-state index is 11.7. The molecular formula is C15H22O3. The lowest BCUT2D eigenvalue weighted by Gasteiger charge is -2.10. The van der Waals surface area contributed by atoms with E-state index in [-0.39, 0.29) is 11.9 Å². The Kier molecular flexibility index (Phi) is 7.11. The first kappa shape index (κ1) is 14.7. The Morgan fingerprint density at radius 3 is 2.56 bits per heavy atom. The Balaban J connectivity index is 2.20. The first-order valence-electron chi connectivity index (χ1n) is 6.64. The molecule has 0 radical (unpaired) electrons. The van der Waals surface area contributed by atoms with E-state index < -0.39 is 0 Å². The zero-order valence-corrected chi connectivity index (χ0v) is 11.2. The zero-order valence-electron chi connectivity index (χ0n) is 11.2. The van der Waals surface area contributed by atoms with Gasteiger partial charge in [0.1, 0.15) is 0 Å². The van der Waals surface area contributed by atoms with Gasteiger partial charge in [0.25, 0.3) is 0 Å². The Hall–Kier alpha value is -1.35. The highest BCUT2D eigenvalue weighted by atomic mass is 17.2. The summed E-state index contributed by atoms with van der Waals surface area (Å²) in [6.07, 6.45) is 4.42. The number of hydrogen-bond acceptors (Lipinski definition) is 3. The highest BCUT2D eigenvalue weighted by Crippen LogP contribution is 2.16. The maximum Gasteiger partial charge on any atom is 0.349 e. The van der Waals surface area contributed by atoms with Crippen LogP contribution in [0.15, 0.2) is 30.3 Å². The molecule has 0 aromatic heterocycles. The van der Waals surface area contributed by atoms with Gasteiger partial charge in [-0.05, 0) is 18.9 Å². The Labute approximate surface area is 109 Å². The molecule has 0 aliphatic heterocycles. The fourth-order valence-corrected chi connectivity index (χ4v) is 1.64. The molecule has 0 amide bonds. The highest BCUT2D eigenvalue weighted by Gasteiger charge is 2.17. The fraction of sp³-hybridized carbons (Fsp3) is 0.533. The molecule has 1 atom stereocenters. The van der Waals surface area contributed by atoms with Crippen LogP contribution in [0, 0.1) is 0 Å². The standard InChI is InChI=1S/C15H22O3/c1-3-4-5-9-12-17-18-15(16)13(2)14-10-7-6-8-11-14/h6-8,10-11,13H,3-5,9,12H2,1-2H3. The first-order valence-corrected chi connectivity index (χ1v) is 6.64. The van der Waals surface area contributed by atoms with Crippen LogP contribution in [0.3, 0.4) is 0 Å². The van der Waals surface area contributed by atoms with Crippen LogP contribution >= 0.6 is 0 Å². The average Bonchev–Trinajstić information content (AvgIpc) is 2.42. The van der Waals surface area contributed by atoms with Gasteiger partial charge < -0.3 is 0 Å². The van der Waals surface area contributed by atoms with Crippen molar-refractivity contribution in [1.82, 2.24) is 0 Å². The van der Waals surface area contributed by atoms with Crippen LogP contribution in [0.25, 0.3) is 0 Å². The van der Waals surface area contributed by atoms with Crippen LogP contribution in [0.1, 0.15) is 51.0 Å². The van der Waals surface area contributed by atoms with E-state index in [4.69, 9.17) is 9.78 Å². The van der Waals surface area contributed by atoms with E-state index in [9.17, 15) is 4.79 Å². The number of carbonyl (C=O) groups excluding carboxylic acids is 1. The molecule has 18 heavy (non-hydrogen) atoms. The quantitative estimate of drug-likeness (QED) is 0.399. The predicted molar refractivity (Wildman–Crippen MR) is 71.0 cm³/mol. The molecule has 0 saturated carbocycles. The molecule has 0 fully saturated rings. The second-order valence-corrected chi connectivity index (χ2v) is 4.42. The van der Waals surface area contributed by atoms with Crippen molar-refractivity contribution in [2.45, 2.75) is 45.4 Å². The summed E-state index contributed by atoms with van der Waals surface area (Å²) in [5.41, 5.74) is 0.942. The lowest BCUT2D eigenvalue weighted by Crippen LogP contribution is -2.14. The van der Waals surface area contributed by atoms with Crippen molar-refractivity contribution in [2.24, 2.45) is 0 Å². The number of carbonyl (C=O) groups is 1. The van der Waals surface area contributed by atoms with Crippen molar-refractivity contribution in [3.63, 3.8) is 0 Å². The highest BCUT2D eigenvalue weighted by molar-refractivity contribution is 5.77. The third-order valence-corrected chi connectivity index (χ3v) is 2.88. The molecule has 0 spiro atoms. The fourth-order valence-electron chi connectivity index (χ4n) is 1.64. The van der Waals surface area contributed by atoms with Crippen molar-refractivity contribution in [1.29, 1.82) is 0 Å². The van der Waals surface area contributed by atoms with Crippen molar-refractivity contribution < 1.29 is 14.6 Å². The number of unbranched alkanes of at least 4 members (excludes halogenated alkanes) is 3. The van der Waals surface area contributed by atoms with E-state index in [0.29, 0.717) is 6.61 Å². The molecule has 1 aromatic rings. The summed E-state index contributed by atoms with van der Waals surface area (Å²) >= 11 is 0. The Bertz CT molecular complexity index is 335. The smallest absolute Gasteiger partial charge is 0.298 e. The molecule has 0 aliphatic rings. The second-order valence-electron chi connectivity index (χ2n) is 4.42. The van der Waals surface area contributed by atoms with Crippen molar-refractivity contribution in [2.75, 3.05) is 6.61 Å². The predicted octanol–water partition coefficient (Wildman–Crippen LogP) is 3.85. The van der Waals surface area contributed by atoms with Gasteiger partial charge >= 0.3 is 5.97 Å². The summed E-state index contributed by atoms with van der Waals surface area (Å²) < 4.78 is 0. The molecule has 100 valence electrons. The molecule has 0 saturated heterocycles. The Morgan fingerprint density at radius 1 is 1.17 bits per heavy atom. The summed E-state index contributed by atoms with van der Waals surface area (Å²) in [6, 6.07) is 9.56. The summed E-state index contributed by atoms with van der Waals surface area (Å²) in [5.74, 6) is -0.626. The second kappa shape index (κ2) is 8.70. The normalized spacial score (nSPS) is 12.1. The van der Waals surface area contributed by atoms with E-state index in [0.717, 1.165) is 18.4 Å². The molecule has 1 unspecified atom stereocenters. The van der Waals surface area contributed by atoms with Gasteiger partial charge in [-0.15, -0.1) is 0 Å². The van der Waals surface area contributed by atoms with Crippen molar-refractivity contribution in [3.05, 3.63) is 35.9 Å². The molecule has 1 aromatic carbocycles. The van der Waals surface area contributed by atoms with E-state index >= 15 is 0 Å². The van der Waals surface area contributed by atoms with Gasteiger partial charge in [0.05, 0.1) is 12.5 Å². The summed E-state index contributed by atoms with van der Waals surface area (Å²) in [7, 11) is 0. The van der Waals surface area contributed by atoms with Crippen LogP contribution < -0.4 is 0 Å². The Morgan fingerprint density at radius 2 is 1.89 bits per heavy atom. The van der Waals surface area contributed by atoms with E-state index in [1.165, 1.54) is 12.8 Å². The van der Waals surface area contributed by atoms with E-state index in [2.05, 4.69) is 6.92 Å². The summed E-state index contributed by atoms with van der Waals surface area (Å²) in [5, 5.41) is 0. The average molecular weight is 250 g/mol. The summed E-state index contributed by atoms with van der Waals surface area (Å²) in [4.78, 5) is 21.4. The van der Waals surface area contributed by atoms with Crippen LogP contribution in [-0.2, 0) is 14.6 Å². The minimum absolute atomic E-state index is 0.290. The molecule has 0 bridgehead atoms. The molecule has 3 nitrogen and oxygen atoms in total. The monoisotopic (exact) mass is 250 g/mol. The van der Waals surface area contributed by atoms with Crippen LogP contribution in [-0.4, -0.2) is 12.6 Å². The minimum Gasteiger partial charge on any atom is -0.298 e. The van der Waals surface area contributed by atoms with Gasteiger partial charge in [-0.1, -0.05) is 56.5 Å². The molecular weight excluding hydrogens is 228 g/mol. The van der Waals surface area contributed by atoms with Crippen molar-refractivity contribution in [3.8, 4) is 0 Å². The molecule has 0 N–H and O–H groups in total. The van der Waals surface area contributed by atoms with Crippen LogP contribution in [0.5, 0.6) is 0 Å². The maximum absolute atomic E-state index is 11.7. The minimum atomic E-state index is -0.336. The van der Waals surface area contributed by atoms with Gasteiger partial charge in [0, 0.05) is 0 Å². The lowest BCUT2D eigenvalue weighted by molar-refractivity contribution is -0.273. The third-order valence-electron chi connectivity index (χ3n) is 2.88. The van der Waals surface area contributed by atoms with Crippen LogP contribution in [0.4, 0.5) is 0 Å². The molecule has 1 rings (SSSR count). The van der Waals surface area contributed by atoms with Gasteiger partial charge in [-0.2, -0.15) is 4.89 Å². The largest absolute Gasteiger partial charge is 0.349 e. The SMILES string of the molecule is CCCCCCOOC(=O)C(C)c1ccccc1. The topological polar surface area (TPSA) is 35.5 Å². The summed E-state index contributed by atoms with van der Waals surface area (Å²) in [6.45, 7) is 4.45. The number of hydrogen-bond donors (Lipinski definition) is 0. The van der Waals surface area contributed by atoms with Gasteiger partial charge in [-0.3, -0.25) is 4.89 Å². The molecule has 0 aliphatic carbocycles. The van der Waals surface area contributed by atoms with Crippen LogP contribution in [0.2, 0.25) is 0 Å². The third kappa shape index (κ3) is 5.32. The number of rotatable bonds is 8. The van der Waals surface area contributed by atoms with Gasteiger partial charge in [0.15, 0.2) is 0 Å². The van der Waals surface area contributed by atoms with E-state index in [1.54, 1.807) is 0 Å². The van der Waals surface area contributed by atoms with E-state index in [1.807, 2.05) is 37.3 Å². The zero-order chi connectivity index (χ0) is 13.2. The molecule has 0 heterocycles.